The number of carbonyl (C=O) groups excluding carboxylic acids is 1. The number of anilines is 1. The highest BCUT2D eigenvalue weighted by Crippen LogP contribution is 2.18. The molecule has 0 fully saturated rings. The zero-order valence-corrected chi connectivity index (χ0v) is 10.1. The van der Waals surface area contributed by atoms with E-state index in [1.54, 1.807) is 24.3 Å². The molecule has 1 rings (SSSR count). The van der Waals surface area contributed by atoms with Crippen LogP contribution in [0.4, 0.5) is 18.9 Å². The van der Waals surface area contributed by atoms with E-state index >= 15 is 0 Å². The number of alkyl halides is 3. The van der Waals surface area contributed by atoms with E-state index in [1.807, 2.05) is 0 Å². The van der Waals surface area contributed by atoms with Crippen molar-refractivity contribution in [3.05, 3.63) is 29.3 Å². The lowest BCUT2D eigenvalue weighted by Crippen LogP contribution is -2.24. The molecule has 0 aliphatic heterocycles. The van der Waals surface area contributed by atoms with Crippen molar-refractivity contribution in [3.8, 4) is 0 Å². The Morgan fingerprint density at radius 3 is 2.39 bits per heavy atom. The molecule has 98 valence electrons. The maximum Gasteiger partial charge on any atom is 0.450 e. The number of halogens is 4. The summed E-state index contributed by atoms with van der Waals surface area (Å²) in [5, 5.41) is 4.22. The Labute approximate surface area is 107 Å². The molecule has 0 unspecified atom stereocenters. The molecule has 0 aliphatic rings. The Hall–Kier alpha value is -1.56. The molecule has 1 aromatic carbocycles. The number of hydrogen-bond donors (Lipinski definition) is 1. The summed E-state index contributed by atoms with van der Waals surface area (Å²) < 4.78 is 35.9. The number of Topliss-reactive ketones (excluding diaryl/α,β-unsaturated/α-hetero) is 1. The van der Waals surface area contributed by atoms with Gasteiger partial charge in [-0.1, -0.05) is 11.6 Å². The molecule has 7 heteroatoms. The fraction of sp³-hybridized carbons (Fsp3) is 0.273. The fourth-order valence-electron chi connectivity index (χ4n) is 1.06. The van der Waals surface area contributed by atoms with Gasteiger partial charge in [-0.25, -0.2) is 0 Å². The summed E-state index contributed by atoms with van der Waals surface area (Å²) in [4.78, 5) is 10.7. The molecule has 0 saturated carbocycles. The molecule has 3 nitrogen and oxygen atoms in total. The SMILES string of the molecule is C/C(CC(=O)C(F)(F)F)=N\Nc1ccc(Cl)cc1. The molecular formula is C11H10ClF3N2O. The molecular weight excluding hydrogens is 269 g/mol. The highest BCUT2D eigenvalue weighted by Gasteiger charge is 2.37. The fourth-order valence-corrected chi connectivity index (χ4v) is 1.18. The van der Waals surface area contributed by atoms with Crippen LogP contribution in [-0.2, 0) is 4.79 Å². The van der Waals surface area contributed by atoms with E-state index in [-0.39, 0.29) is 5.71 Å². The van der Waals surface area contributed by atoms with Crippen molar-refractivity contribution in [2.75, 3.05) is 5.43 Å². The zero-order chi connectivity index (χ0) is 13.8. The van der Waals surface area contributed by atoms with E-state index in [0.29, 0.717) is 10.7 Å². The second-order valence-electron chi connectivity index (χ2n) is 3.56. The number of nitrogens with one attached hydrogen (secondary N) is 1. The Kier molecular flexibility index (Phi) is 4.72. The van der Waals surface area contributed by atoms with E-state index in [0.717, 1.165) is 0 Å². The minimum atomic E-state index is -4.82. The molecule has 0 aromatic heterocycles. The van der Waals surface area contributed by atoms with Crippen LogP contribution < -0.4 is 5.43 Å². The van der Waals surface area contributed by atoms with Crippen molar-refractivity contribution in [1.29, 1.82) is 0 Å². The third-order valence-electron chi connectivity index (χ3n) is 1.95. The van der Waals surface area contributed by atoms with Crippen molar-refractivity contribution in [1.82, 2.24) is 0 Å². The summed E-state index contributed by atoms with van der Waals surface area (Å²) in [6, 6.07) is 6.45. The van der Waals surface area contributed by atoms with Gasteiger partial charge in [-0.15, -0.1) is 0 Å². The van der Waals surface area contributed by atoms with Gasteiger partial charge in [-0.05, 0) is 31.2 Å². The van der Waals surface area contributed by atoms with Crippen LogP contribution in [0.2, 0.25) is 5.02 Å². The maximum atomic E-state index is 12.0. The number of carbonyl (C=O) groups is 1. The second-order valence-corrected chi connectivity index (χ2v) is 4.00. The van der Waals surface area contributed by atoms with E-state index in [9.17, 15) is 18.0 Å². The molecule has 0 saturated heterocycles. The van der Waals surface area contributed by atoms with Gasteiger partial charge < -0.3 is 0 Å². The van der Waals surface area contributed by atoms with Crippen molar-refractivity contribution < 1.29 is 18.0 Å². The molecule has 0 heterocycles. The van der Waals surface area contributed by atoms with E-state index < -0.39 is 18.4 Å². The van der Waals surface area contributed by atoms with Crippen LogP contribution in [0.5, 0.6) is 0 Å². The Balaban J connectivity index is 2.57. The van der Waals surface area contributed by atoms with Gasteiger partial charge in [0.1, 0.15) is 0 Å². The van der Waals surface area contributed by atoms with Crippen LogP contribution in [-0.4, -0.2) is 17.7 Å². The van der Waals surface area contributed by atoms with Crippen LogP contribution in [0.1, 0.15) is 13.3 Å². The minimum Gasteiger partial charge on any atom is -0.289 e. The number of ketones is 1. The van der Waals surface area contributed by atoms with Crippen LogP contribution in [0.3, 0.4) is 0 Å². The molecule has 18 heavy (non-hydrogen) atoms. The van der Waals surface area contributed by atoms with Crippen LogP contribution in [0.25, 0.3) is 0 Å². The molecule has 0 atom stereocenters. The Morgan fingerprint density at radius 1 is 1.33 bits per heavy atom. The second kappa shape index (κ2) is 5.86. The van der Waals surface area contributed by atoms with Crippen molar-refractivity contribution in [2.24, 2.45) is 5.10 Å². The number of benzene rings is 1. The van der Waals surface area contributed by atoms with Crippen LogP contribution in [0, 0.1) is 0 Å². The highest BCUT2D eigenvalue weighted by atomic mass is 35.5. The molecule has 0 amide bonds. The summed E-state index contributed by atoms with van der Waals surface area (Å²) in [6.07, 6.45) is -5.58. The normalized spacial score (nSPS) is 12.4. The third kappa shape index (κ3) is 4.75. The summed E-state index contributed by atoms with van der Waals surface area (Å²) in [5.41, 5.74) is 3.15. The quantitative estimate of drug-likeness (QED) is 0.675. The third-order valence-corrected chi connectivity index (χ3v) is 2.20. The molecule has 1 aromatic rings. The Morgan fingerprint density at radius 2 is 1.89 bits per heavy atom. The number of hydrazone groups is 1. The van der Waals surface area contributed by atoms with Gasteiger partial charge in [0.15, 0.2) is 0 Å². The smallest absolute Gasteiger partial charge is 0.289 e. The van der Waals surface area contributed by atoms with Crippen LogP contribution in [0.15, 0.2) is 29.4 Å². The predicted octanol–water partition coefficient (Wildman–Crippen LogP) is 3.65. The Bertz CT molecular complexity index is 454. The number of rotatable bonds is 4. The molecule has 0 spiro atoms. The van der Waals surface area contributed by atoms with E-state index in [2.05, 4.69) is 10.5 Å². The van der Waals surface area contributed by atoms with Gasteiger partial charge >= 0.3 is 6.18 Å². The van der Waals surface area contributed by atoms with Gasteiger partial charge in [-0.2, -0.15) is 18.3 Å². The summed E-state index contributed by atoms with van der Waals surface area (Å²) in [7, 11) is 0. The van der Waals surface area contributed by atoms with E-state index in [4.69, 9.17) is 11.6 Å². The van der Waals surface area contributed by atoms with Gasteiger partial charge in [0.2, 0.25) is 5.78 Å². The van der Waals surface area contributed by atoms with Crippen LogP contribution >= 0.6 is 11.6 Å². The van der Waals surface area contributed by atoms with Crippen molar-refractivity contribution in [2.45, 2.75) is 19.5 Å². The monoisotopic (exact) mass is 278 g/mol. The molecule has 1 N–H and O–H groups in total. The van der Waals surface area contributed by atoms with Gasteiger partial charge in [0, 0.05) is 10.7 Å². The van der Waals surface area contributed by atoms with Gasteiger partial charge in [-0.3, -0.25) is 10.2 Å². The summed E-state index contributed by atoms with van der Waals surface area (Å²) in [6.45, 7) is 1.34. The topological polar surface area (TPSA) is 41.5 Å². The summed E-state index contributed by atoms with van der Waals surface area (Å²) >= 11 is 5.66. The van der Waals surface area contributed by atoms with Crippen molar-refractivity contribution in [3.63, 3.8) is 0 Å². The zero-order valence-electron chi connectivity index (χ0n) is 9.38. The number of nitrogens with zero attached hydrogens (tertiary/aromatic N) is 1. The lowest BCUT2D eigenvalue weighted by molar-refractivity contribution is -0.169. The maximum absolute atomic E-state index is 12.0. The van der Waals surface area contributed by atoms with Gasteiger partial charge in [0.25, 0.3) is 0 Å². The molecule has 0 radical (unpaired) electrons. The first-order valence-electron chi connectivity index (χ1n) is 4.94. The van der Waals surface area contributed by atoms with Crippen molar-refractivity contribution >= 4 is 28.8 Å². The lowest BCUT2D eigenvalue weighted by Gasteiger charge is -2.05. The average Bonchev–Trinajstić information content (AvgIpc) is 2.27. The first-order valence-corrected chi connectivity index (χ1v) is 5.31. The first kappa shape index (κ1) is 14.5. The van der Waals surface area contributed by atoms with Gasteiger partial charge in [0.05, 0.1) is 12.1 Å². The first-order chi connectivity index (χ1) is 8.29. The predicted molar refractivity (Wildman–Crippen MR) is 63.9 cm³/mol. The lowest BCUT2D eigenvalue weighted by atomic mass is 10.2. The minimum absolute atomic E-state index is 0.0484. The summed E-state index contributed by atoms with van der Waals surface area (Å²) in [5.74, 6) is -1.82. The average molecular weight is 279 g/mol. The highest BCUT2D eigenvalue weighted by molar-refractivity contribution is 6.30. The number of hydrogen-bond acceptors (Lipinski definition) is 3. The largest absolute Gasteiger partial charge is 0.450 e. The molecule has 0 aliphatic carbocycles. The molecule has 0 bridgehead atoms. The standard InChI is InChI=1S/C11H10ClF3N2O/c1-7(6-10(18)11(13,14)15)16-17-9-4-2-8(12)3-5-9/h2-5,17H,6H2,1H3/b16-7+. The van der Waals surface area contributed by atoms with E-state index in [1.165, 1.54) is 6.92 Å².